The second kappa shape index (κ2) is 3.61. The molecule has 0 aromatic carbocycles. The maximum absolute atomic E-state index is 5.63. The Morgan fingerprint density at radius 3 is 2.80 bits per heavy atom. The summed E-state index contributed by atoms with van der Waals surface area (Å²) in [5, 5.41) is 4.28. The van der Waals surface area contributed by atoms with Crippen LogP contribution in [0.15, 0.2) is 12.4 Å². The average Bonchev–Trinajstić information content (AvgIpc) is 2.67. The molecule has 1 fully saturated rings. The van der Waals surface area contributed by atoms with E-state index in [-0.39, 0.29) is 6.04 Å². The van der Waals surface area contributed by atoms with E-state index in [0.29, 0.717) is 11.3 Å². The van der Waals surface area contributed by atoms with Gasteiger partial charge in [-0.2, -0.15) is 5.10 Å². The first-order valence-corrected chi connectivity index (χ1v) is 5.57. The Bertz CT molecular complexity index is 342. The predicted octanol–water partition coefficient (Wildman–Crippen LogP) is 1.45. The monoisotopic (exact) mass is 208 g/mol. The van der Waals surface area contributed by atoms with Gasteiger partial charge in [-0.3, -0.25) is 16.0 Å². The van der Waals surface area contributed by atoms with Gasteiger partial charge in [0.25, 0.3) is 0 Å². The first-order chi connectivity index (χ1) is 7.08. The number of aromatic nitrogens is 2. The molecule has 4 heteroatoms. The minimum Gasteiger partial charge on any atom is -0.273 e. The van der Waals surface area contributed by atoms with Crippen molar-refractivity contribution in [2.45, 2.75) is 39.8 Å². The number of nitrogens with two attached hydrogens (primary N) is 1. The smallest absolute Gasteiger partial charge is 0.0538 e. The summed E-state index contributed by atoms with van der Waals surface area (Å²) in [6.45, 7) is 7.56. The van der Waals surface area contributed by atoms with E-state index in [4.69, 9.17) is 5.84 Å². The Balaban J connectivity index is 2.13. The molecule has 3 N–H and O–H groups in total. The Morgan fingerprint density at radius 1 is 1.73 bits per heavy atom. The van der Waals surface area contributed by atoms with Crippen LogP contribution in [-0.2, 0) is 6.54 Å². The van der Waals surface area contributed by atoms with Gasteiger partial charge in [0, 0.05) is 18.3 Å². The summed E-state index contributed by atoms with van der Waals surface area (Å²) in [5.41, 5.74) is 4.55. The van der Waals surface area contributed by atoms with Crippen molar-refractivity contribution in [3.05, 3.63) is 18.0 Å². The van der Waals surface area contributed by atoms with Crippen molar-refractivity contribution in [1.82, 2.24) is 15.2 Å². The SMILES string of the molecule is CCn1cc(C(NN)C2CC2(C)C)cn1. The minimum atomic E-state index is 0.250. The number of nitrogens with zero attached hydrogens (tertiary/aromatic N) is 2. The van der Waals surface area contributed by atoms with Crippen LogP contribution in [0.5, 0.6) is 0 Å². The van der Waals surface area contributed by atoms with E-state index in [1.165, 1.54) is 12.0 Å². The molecule has 2 rings (SSSR count). The van der Waals surface area contributed by atoms with E-state index in [0.717, 1.165) is 6.54 Å². The van der Waals surface area contributed by atoms with Gasteiger partial charge in [0.05, 0.1) is 12.2 Å². The van der Waals surface area contributed by atoms with E-state index in [1.807, 2.05) is 10.9 Å². The highest BCUT2D eigenvalue weighted by Gasteiger charge is 2.50. The van der Waals surface area contributed by atoms with E-state index >= 15 is 0 Å². The topological polar surface area (TPSA) is 55.9 Å². The van der Waals surface area contributed by atoms with E-state index in [2.05, 4.69) is 37.5 Å². The number of aryl methyl sites for hydroxylation is 1. The average molecular weight is 208 g/mol. The van der Waals surface area contributed by atoms with E-state index in [1.54, 1.807) is 0 Å². The van der Waals surface area contributed by atoms with Gasteiger partial charge in [0.15, 0.2) is 0 Å². The molecule has 2 unspecified atom stereocenters. The van der Waals surface area contributed by atoms with E-state index < -0.39 is 0 Å². The lowest BCUT2D eigenvalue weighted by molar-refractivity contribution is 0.422. The zero-order chi connectivity index (χ0) is 11.1. The molecular formula is C11H20N4. The van der Waals surface area contributed by atoms with Crippen molar-refractivity contribution in [2.75, 3.05) is 0 Å². The molecule has 15 heavy (non-hydrogen) atoms. The molecule has 1 aromatic rings. The lowest BCUT2D eigenvalue weighted by atomic mass is 10.0. The standard InChI is InChI=1S/C11H20N4/c1-4-15-7-8(6-13-15)10(14-12)9-5-11(9,2)3/h6-7,9-10,14H,4-5,12H2,1-3H3. The number of rotatable bonds is 4. The summed E-state index contributed by atoms with van der Waals surface area (Å²) in [7, 11) is 0. The Labute approximate surface area is 90.8 Å². The fourth-order valence-corrected chi connectivity index (χ4v) is 2.23. The predicted molar refractivity (Wildman–Crippen MR) is 59.9 cm³/mol. The summed E-state index contributed by atoms with van der Waals surface area (Å²) in [6, 6.07) is 0.250. The van der Waals surface area contributed by atoms with Gasteiger partial charge in [-0.15, -0.1) is 0 Å². The summed E-state index contributed by atoms with van der Waals surface area (Å²) in [6.07, 6.45) is 5.24. The van der Waals surface area contributed by atoms with Crippen molar-refractivity contribution in [3.63, 3.8) is 0 Å². The maximum atomic E-state index is 5.63. The quantitative estimate of drug-likeness (QED) is 0.581. The third kappa shape index (κ3) is 1.92. The van der Waals surface area contributed by atoms with E-state index in [9.17, 15) is 0 Å². The highest BCUT2D eigenvalue weighted by Crippen LogP contribution is 2.57. The van der Waals surface area contributed by atoms with Crippen LogP contribution in [0, 0.1) is 11.3 Å². The van der Waals surface area contributed by atoms with Crippen LogP contribution in [0.1, 0.15) is 38.8 Å². The molecule has 1 aromatic heterocycles. The first kappa shape index (κ1) is 10.6. The van der Waals surface area contributed by atoms with Crippen LogP contribution in [0.3, 0.4) is 0 Å². The lowest BCUT2D eigenvalue weighted by Crippen LogP contribution is -2.30. The third-order valence-corrected chi connectivity index (χ3v) is 3.51. The van der Waals surface area contributed by atoms with Crippen LogP contribution in [0.25, 0.3) is 0 Å². The molecule has 1 aliphatic carbocycles. The highest BCUT2D eigenvalue weighted by molar-refractivity contribution is 5.17. The highest BCUT2D eigenvalue weighted by atomic mass is 15.3. The number of hydrogen-bond acceptors (Lipinski definition) is 3. The zero-order valence-corrected chi connectivity index (χ0v) is 9.70. The largest absolute Gasteiger partial charge is 0.273 e. The minimum absolute atomic E-state index is 0.250. The maximum Gasteiger partial charge on any atom is 0.0538 e. The summed E-state index contributed by atoms with van der Waals surface area (Å²) in [4.78, 5) is 0. The van der Waals surface area contributed by atoms with Gasteiger partial charge in [-0.1, -0.05) is 13.8 Å². The van der Waals surface area contributed by atoms with Gasteiger partial charge in [-0.05, 0) is 24.7 Å². The third-order valence-electron chi connectivity index (χ3n) is 3.51. The Hall–Kier alpha value is -0.870. The molecule has 1 aliphatic rings. The van der Waals surface area contributed by atoms with Crippen molar-refractivity contribution in [3.8, 4) is 0 Å². The Kier molecular flexibility index (Phi) is 2.56. The van der Waals surface area contributed by atoms with Crippen LogP contribution >= 0.6 is 0 Å². The number of hydrazine groups is 1. The van der Waals surface area contributed by atoms with Crippen molar-refractivity contribution in [1.29, 1.82) is 0 Å². The second-order valence-corrected chi connectivity index (χ2v) is 5.07. The molecular weight excluding hydrogens is 188 g/mol. The molecule has 84 valence electrons. The molecule has 0 bridgehead atoms. The van der Waals surface area contributed by atoms with Gasteiger partial charge < -0.3 is 0 Å². The molecule has 2 atom stereocenters. The molecule has 0 saturated heterocycles. The zero-order valence-electron chi connectivity index (χ0n) is 9.70. The Morgan fingerprint density at radius 2 is 2.40 bits per heavy atom. The van der Waals surface area contributed by atoms with Crippen LogP contribution in [0.4, 0.5) is 0 Å². The molecule has 1 saturated carbocycles. The van der Waals surface area contributed by atoms with Crippen LogP contribution < -0.4 is 11.3 Å². The second-order valence-electron chi connectivity index (χ2n) is 5.07. The van der Waals surface area contributed by atoms with Crippen LogP contribution in [-0.4, -0.2) is 9.78 Å². The fraction of sp³-hybridized carbons (Fsp3) is 0.727. The van der Waals surface area contributed by atoms with Crippen LogP contribution in [0.2, 0.25) is 0 Å². The summed E-state index contributed by atoms with van der Waals surface area (Å²) < 4.78 is 1.94. The van der Waals surface area contributed by atoms with Gasteiger partial charge in [0.2, 0.25) is 0 Å². The van der Waals surface area contributed by atoms with Crippen molar-refractivity contribution in [2.24, 2.45) is 17.2 Å². The van der Waals surface area contributed by atoms with Gasteiger partial charge >= 0.3 is 0 Å². The molecule has 0 amide bonds. The molecule has 0 spiro atoms. The van der Waals surface area contributed by atoms with Crippen molar-refractivity contribution >= 4 is 0 Å². The molecule has 0 aliphatic heterocycles. The molecule has 1 heterocycles. The molecule has 0 radical (unpaired) electrons. The summed E-state index contributed by atoms with van der Waals surface area (Å²) >= 11 is 0. The normalized spacial score (nSPS) is 25.2. The lowest BCUT2D eigenvalue weighted by Gasteiger charge is -2.15. The summed E-state index contributed by atoms with van der Waals surface area (Å²) in [5.74, 6) is 6.27. The number of nitrogens with one attached hydrogen (secondary N) is 1. The molecule has 4 nitrogen and oxygen atoms in total. The fourth-order valence-electron chi connectivity index (χ4n) is 2.23. The van der Waals surface area contributed by atoms with Gasteiger partial charge in [0.1, 0.15) is 0 Å². The van der Waals surface area contributed by atoms with Gasteiger partial charge in [-0.25, -0.2) is 0 Å². The number of hydrogen-bond donors (Lipinski definition) is 2. The first-order valence-electron chi connectivity index (χ1n) is 5.57. The van der Waals surface area contributed by atoms with Crippen molar-refractivity contribution < 1.29 is 0 Å².